The number of likely N-dealkylation sites (tertiary alicyclic amines) is 1. The summed E-state index contributed by atoms with van der Waals surface area (Å²) in [6.07, 6.45) is 5.66. The normalized spacial score (nSPS) is 16.0. The number of ether oxygens (including phenoxy) is 2. The molecule has 4 rings (SSSR count). The predicted molar refractivity (Wildman–Crippen MR) is 134 cm³/mol. The van der Waals surface area contributed by atoms with E-state index in [-0.39, 0.29) is 17.7 Å². The van der Waals surface area contributed by atoms with Gasteiger partial charge in [-0.25, -0.2) is 4.79 Å². The molecule has 1 aliphatic rings. The molecule has 7 nitrogen and oxygen atoms in total. The molecule has 1 fully saturated rings. The Labute approximate surface area is 197 Å². The number of fused-ring (bicyclic) bond motifs is 3. The fourth-order valence-corrected chi connectivity index (χ4v) is 5.05. The number of aromatic amines is 1. The second-order valence-corrected chi connectivity index (χ2v) is 10.3. The van der Waals surface area contributed by atoms with Crippen molar-refractivity contribution in [3.8, 4) is 5.75 Å². The van der Waals surface area contributed by atoms with Gasteiger partial charge in [0.05, 0.1) is 7.11 Å². The Hall–Kier alpha value is -2.84. The van der Waals surface area contributed by atoms with E-state index in [0.29, 0.717) is 0 Å². The molecule has 1 aromatic carbocycles. The number of methoxy groups -OCH3 is 1. The second-order valence-electron chi connectivity index (χ2n) is 9.35. The summed E-state index contributed by atoms with van der Waals surface area (Å²) in [4.78, 5) is 29.7. The molecule has 8 heteroatoms. The van der Waals surface area contributed by atoms with Crippen molar-refractivity contribution in [2.24, 2.45) is 0 Å². The largest absolute Gasteiger partial charge is 0.496 e. The van der Waals surface area contributed by atoms with Crippen LogP contribution >= 0.6 is 11.3 Å². The third kappa shape index (κ3) is 5.39. The lowest BCUT2D eigenvalue weighted by Gasteiger charge is -2.32. The average Bonchev–Trinajstić information content (AvgIpc) is 3.24. The van der Waals surface area contributed by atoms with E-state index in [0.717, 1.165) is 64.8 Å². The average molecular weight is 470 g/mol. The highest BCUT2D eigenvalue weighted by atomic mass is 32.1. The minimum absolute atomic E-state index is 0.0598. The van der Waals surface area contributed by atoms with Crippen molar-refractivity contribution >= 4 is 44.5 Å². The quantitative estimate of drug-likeness (QED) is 0.563. The SMILES string of the molecule is COc1ccc2[nH]c(=O)c3sccc3c2c1C=CCN1CCC(NC(=O)OC(C)(C)C)CC1. The van der Waals surface area contributed by atoms with Crippen molar-refractivity contribution in [3.63, 3.8) is 0 Å². The van der Waals surface area contributed by atoms with Crippen LogP contribution in [0.1, 0.15) is 39.2 Å². The molecule has 0 atom stereocenters. The first-order valence-corrected chi connectivity index (χ1v) is 12.1. The molecular weight excluding hydrogens is 438 g/mol. The summed E-state index contributed by atoms with van der Waals surface area (Å²) in [7, 11) is 1.66. The molecule has 176 valence electrons. The molecule has 0 spiro atoms. The van der Waals surface area contributed by atoms with Crippen LogP contribution in [0.2, 0.25) is 0 Å². The summed E-state index contributed by atoms with van der Waals surface area (Å²) in [6, 6.07) is 5.93. The fourth-order valence-electron chi connectivity index (χ4n) is 4.25. The topological polar surface area (TPSA) is 83.7 Å². The van der Waals surface area contributed by atoms with Crippen LogP contribution in [-0.2, 0) is 4.74 Å². The number of benzene rings is 1. The number of hydrogen-bond acceptors (Lipinski definition) is 6. The molecule has 0 aliphatic carbocycles. The zero-order valence-electron chi connectivity index (χ0n) is 19.6. The number of rotatable bonds is 5. The lowest BCUT2D eigenvalue weighted by molar-refractivity contribution is 0.0481. The van der Waals surface area contributed by atoms with Gasteiger partial charge < -0.3 is 19.8 Å². The number of carbonyl (C=O) groups excluding carboxylic acids is 1. The van der Waals surface area contributed by atoms with E-state index >= 15 is 0 Å². The number of aromatic nitrogens is 1. The molecular formula is C25H31N3O4S. The van der Waals surface area contributed by atoms with Gasteiger partial charge in [0.1, 0.15) is 16.1 Å². The van der Waals surface area contributed by atoms with Crippen LogP contribution in [0, 0.1) is 0 Å². The Morgan fingerprint density at radius 2 is 2.03 bits per heavy atom. The number of H-pyrrole nitrogens is 1. The zero-order chi connectivity index (χ0) is 23.6. The van der Waals surface area contributed by atoms with Crippen molar-refractivity contribution in [2.75, 3.05) is 26.7 Å². The van der Waals surface area contributed by atoms with Crippen LogP contribution in [0.4, 0.5) is 4.79 Å². The lowest BCUT2D eigenvalue weighted by Crippen LogP contribution is -2.46. The number of nitrogens with one attached hydrogen (secondary N) is 2. The maximum Gasteiger partial charge on any atom is 0.407 e. The van der Waals surface area contributed by atoms with E-state index in [4.69, 9.17) is 9.47 Å². The first kappa shape index (κ1) is 23.3. The highest BCUT2D eigenvalue weighted by Gasteiger charge is 2.23. The highest BCUT2D eigenvalue weighted by Crippen LogP contribution is 2.34. The zero-order valence-corrected chi connectivity index (χ0v) is 20.4. The number of pyridine rings is 1. The lowest BCUT2D eigenvalue weighted by atomic mass is 10.0. The molecule has 1 aliphatic heterocycles. The molecule has 0 unspecified atom stereocenters. The van der Waals surface area contributed by atoms with Crippen molar-refractivity contribution in [3.05, 3.63) is 45.6 Å². The van der Waals surface area contributed by atoms with Crippen LogP contribution in [0.3, 0.4) is 0 Å². The summed E-state index contributed by atoms with van der Waals surface area (Å²) in [5.41, 5.74) is 1.23. The fraction of sp³-hybridized carbons (Fsp3) is 0.440. The van der Waals surface area contributed by atoms with E-state index in [2.05, 4.69) is 27.4 Å². The maximum absolute atomic E-state index is 12.4. The Morgan fingerprint density at radius 3 is 2.73 bits per heavy atom. The van der Waals surface area contributed by atoms with Gasteiger partial charge in [-0.05, 0) is 57.2 Å². The van der Waals surface area contributed by atoms with Crippen LogP contribution in [0.15, 0.2) is 34.4 Å². The van der Waals surface area contributed by atoms with Gasteiger partial charge in [0.15, 0.2) is 0 Å². The number of carbonyl (C=O) groups is 1. The summed E-state index contributed by atoms with van der Waals surface area (Å²) in [5.74, 6) is 0.776. The van der Waals surface area contributed by atoms with Crippen molar-refractivity contribution in [2.45, 2.75) is 45.3 Å². The van der Waals surface area contributed by atoms with E-state index < -0.39 is 5.60 Å². The number of thiophene rings is 1. The summed E-state index contributed by atoms with van der Waals surface area (Å²) >= 11 is 1.45. The smallest absolute Gasteiger partial charge is 0.407 e. The number of hydrogen-bond donors (Lipinski definition) is 2. The highest BCUT2D eigenvalue weighted by molar-refractivity contribution is 7.17. The van der Waals surface area contributed by atoms with E-state index in [1.165, 1.54) is 11.3 Å². The molecule has 1 saturated heterocycles. The van der Waals surface area contributed by atoms with Gasteiger partial charge in [-0.15, -0.1) is 11.3 Å². The third-order valence-electron chi connectivity index (χ3n) is 5.77. The van der Waals surface area contributed by atoms with Crippen molar-refractivity contribution < 1.29 is 14.3 Å². The van der Waals surface area contributed by atoms with Crippen molar-refractivity contribution in [1.82, 2.24) is 15.2 Å². The molecule has 1 amide bonds. The first-order chi connectivity index (χ1) is 15.7. The molecule has 0 saturated carbocycles. The van der Waals surface area contributed by atoms with Gasteiger partial charge in [0.2, 0.25) is 0 Å². The molecule has 2 aromatic heterocycles. The van der Waals surface area contributed by atoms with Crippen molar-refractivity contribution in [1.29, 1.82) is 0 Å². The van der Waals surface area contributed by atoms with Crippen LogP contribution < -0.4 is 15.6 Å². The Bertz CT molecular complexity index is 1230. The summed E-state index contributed by atoms with van der Waals surface area (Å²) < 4.78 is 11.7. The number of piperidine rings is 1. The van der Waals surface area contributed by atoms with Gasteiger partial charge in [0.25, 0.3) is 5.56 Å². The van der Waals surface area contributed by atoms with Gasteiger partial charge in [-0.1, -0.05) is 12.2 Å². The summed E-state index contributed by atoms with van der Waals surface area (Å²) in [5, 5.41) is 6.88. The number of alkyl carbamates (subject to hydrolysis) is 1. The second kappa shape index (κ2) is 9.57. The molecule has 33 heavy (non-hydrogen) atoms. The minimum Gasteiger partial charge on any atom is -0.496 e. The molecule has 3 aromatic rings. The molecule has 0 radical (unpaired) electrons. The van der Waals surface area contributed by atoms with Crippen LogP contribution in [0.5, 0.6) is 5.75 Å². The first-order valence-electron chi connectivity index (χ1n) is 11.2. The number of amides is 1. The van der Waals surface area contributed by atoms with Crippen LogP contribution in [0.25, 0.3) is 27.1 Å². The predicted octanol–water partition coefficient (Wildman–Crippen LogP) is 4.75. The molecule has 2 N–H and O–H groups in total. The monoisotopic (exact) mass is 469 g/mol. The van der Waals surface area contributed by atoms with Gasteiger partial charge in [0, 0.05) is 47.5 Å². The minimum atomic E-state index is -0.486. The third-order valence-corrected chi connectivity index (χ3v) is 6.68. The van der Waals surface area contributed by atoms with E-state index in [1.54, 1.807) is 7.11 Å². The van der Waals surface area contributed by atoms with Gasteiger partial charge in [-0.2, -0.15) is 0 Å². The maximum atomic E-state index is 12.4. The van der Waals surface area contributed by atoms with Crippen LogP contribution in [-0.4, -0.2) is 54.4 Å². The van der Waals surface area contributed by atoms with Gasteiger partial charge in [-0.3, -0.25) is 9.69 Å². The Kier molecular flexibility index (Phi) is 6.76. The summed E-state index contributed by atoms with van der Waals surface area (Å²) in [6.45, 7) is 8.21. The number of nitrogens with zero attached hydrogens (tertiary/aromatic N) is 1. The van der Waals surface area contributed by atoms with Gasteiger partial charge >= 0.3 is 6.09 Å². The molecule has 0 bridgehead atoms. The van der Waals surface area contributed by atoms with E-state index in [1.807, 2.05) is 44.4 Å². The Balaban J connectivity index is 1.44. The standard InChI is InChI=1S/C25H31N3O4S/c1-25(2,3)32-24(30)26-16-9-13-28(14-10-16)12-5-6-17-20(31-4)8-7-19-21(17)18-11-15-33-22(18)23(29)27-19/h5-8,11,15-16H,9-10,12-14H2,1-4H3,(H,26,30)(H,27,29). The molecule has 3 heterocycles. The Morgan fingerprint density at radius 1 is 1.27 bits per heavy atom. The van der Waals surface area contributed by atoms with E-state index in [9.17, 15) is 9.59 Å².